The molecule has 1 amide bonds. The molecular formula is C14H20N2O3. The Kier molecular flexibility index (Phi) is 3.95. The van der Waals surface area contributed by atoms with Crippen molar-refractivity contribution in [2.75, 3.05) is 26.5 Å². The van der Waals surface area contributed by atoms with E-state index in [9.17, 15) is 4.79 Å². The lowest BCUT2D eigenvalue weighted by Crippen LogP contribution is -2.41. The van der Waals surface area contributed by atoms with Crippen LogP contribution in [0.3, 0.4) is 0 Å². The fourth-order valence-corrected chi connectivity index (χ4v) is 2.45. The van der Waals surface area contributed by atoms with E-state index < -0.39 is 0 Å². The Balaban J connectivity index is 2.21. The standard InChI is InChI=1S/C14H20N2O3/c1-9-13(4-5-19-9)16(2)14(17)10-6-11(15)8-12(7-10)18-3/h6-9,13H,4-5,15H2,1-3H3. The monoisotopic (exact) mass is 264 g/mol. The van der Waals surface area contributed by atoms with Gasteiger partial charge in [0.05, 0.1) is 19.3 Å². The maximum atomic E-state index is 12.5. The summed E-state index contributed by atoms with van der Waals surface area (Å²) < 4.78 is 10.6. The van der Waals surface area contributed by atoms with Crippen LogP contribution in [-0.4, -0.2) is 43.7 Å². The van der Waals surface area contributed by atoms with E-state index in [0.29, 0.717) is 23.6 Å². The third-order valence-electron chi connectivity index (χ3n) is 3.57. The molecular weight excluding hydrogens is 244 g/mol. The number of hydrogen-bond donors (Lipinski definition) is 1. The molecule has 1 aromatic rings. The Morgan fingerprint density at radius 1 is 1.47 bits per heavy atom. The molecule has 1 aromatic carbocycles. The molecule has 0 aliphatic carbocycles. The number of carbonyl (C=O) groups excluding carboxylic acids is 1. The number of nitrogen functional groups attached to an aromatic ring is 1. The molecule has 19 heavy (non-hydrogen) atoms. The number of hydrogen-bond acceptors (Lipinski definition) is 4. The number of amides is 1. The van der Waals surface area contributed by atoms with Gasteiger partial charge in [-0.2, -0.15) is 0 Å². The third kappa shape index (κ3) is 2.81. The quantitative estimate of drug-likeness (QED) is 0.841. The Labute approximate surface area is 113 Å². The van der Waals surface area contributed by atoms with Crippen molar-refractivity contribution in [1.29, 1.82) is 0 Å². The number of methoxy groups -OCH3 is 1. The number of likely N-dealkylation sites (N-methyl/N-ethyl adjacent to an activating group) is 1. The summed E-state index contributed by atoms with van der Waals surface area (Å²) in [6, 6.07) is 5.18. The van der Waals surface area contributed by atoms with Crippen LogP contribution in [0.25, 0.3) is 0 Å². The van der Waals surface area contributed by atoms with Crippen molar-refractivity contribution in [1.82, 2.24) is 4.90 Å². The van der Waals surface area contributed by atoms with E-state index in [4.69, 9.17) is 15.2 Å². The normalized spacial score (nSPS) is 22.3. The Bertz CT molecular complexity index is 476. The molecule has 0 aromatic heterocycles. The summed E-state index contributed by atoms with van der Waals surface area (Å²) in [4.78, 5) is 14.2. The van der Waals surface area contributed by atoms with Crippen molar-refractivity contribution >= 4 is 11.6 Å². The van der Waals surface area contributed by atoms with Crippen molar-refractivity contribution in [3.63, 3.8) is 0 Å². The maximum Gasteiger partial charge on any atom is 0.254 e. The summed E-state index contributed by atoms with van der Waals surface area (Å²) in [6.45, 7) is 2.69. The van der Waals surface area contributed by atoms with Crippen LogP contribution in [0.4, 0.5) is 5.69 Å². The van der Waals surface area contributed by atoms with Crippen molar-refractivity contribution < 1.29 is 14.3 Å². The van der Waals surface area contributed by atoms with Crippen LogP contribution < -0.4 is 10.5 Å². The first-order chi connectivity index (χ1) is 9.02. The van der Waals surface area contributed by atoms with Crippen LogP contribution in [0, 0.1) is 0 Å². The van der Waals surface area contributed by atoms with Gasteiger partial charge in [0, 0.05) is 31.0 Å². The van der Waals surface area contributed by atoms with Gasteiger partial charge in [0.1, 0.15) is 5.75 Å². The average molecular weight is 264 g/mol. The second-order valence-corrected chi connectivity index (χ2v) is 4.84. The van der Waals surface area contributed by atoms with Crippen LogP contribution in [0.5, 0.6) is 5.75 Å². The molecule has 0 spiro atoms. The lowest BCUT2D eigenvalue weighted by molar-refractivity contribution is 0.0574. The van der Waals surface area contributed by atoms with Crippen molar-refractivity contribution in [3.8, 4) is 5.75 Å². The summed E-state index contributed by atoms with van der Waals surface area (Å²) in [5, 5.41) is 0. The zero-order valence-corrected chi connectivity index (χ0v) is 11.6. The number of nitrogens with zero attached hydrogens (tertiary/aromatic N) is 1. The molecule has 104 valence electrons. The predicted octanol–water partition coefficient (Wildman–Crippen LogP) is 1.53. The first kappa shape index (κ1) is 13.7. The van der Waals surface area contributed by atoms with E-state index in [1.54, 1.807) is 37.3 Å². The van der Waals surface area contributed by atoms with Gasteiger partial charge in [0.15, 0.2) is 0 Å². The molecule has 0 radical (unpaired) electrons. The number of anilines is 1. The molecule has 1 aliphatic heterocycles. The molecule has 2 N–H and O–H groups in total. The van der Waals surface area contributed by atoms with Gasteiger partial charge >= 0.3 is 0 Å². The number of ether oxygens (including phenoxy) is 2. The Morgan fingerprint density at radius 3 is 2.79 bits per heavy atom. The number of carbonyl (C=O) groups is 1. The molecule has 5 heteroatoms. The highest BCUT2D eigenvalue weighted by Gasteiger charge is 2.31. The zero-order valence-electron chi connectivity index (χ0n) is 11.6. The fraction of sp³-hybridized carbons (Fsp3) is 0.500. The van der Waals surface area contributed by atoms with Crippen LogP contribution in [-0.2, 0) is 4.74 Å². The summed E-state index contributed by atoms with van der Waals surface area (Å²) in [5.74, 6) is 0.528. The van der Waals surface area contributed by atoms with Gasteiger partial charge in [0.25, 0.3) is 5.91 Å². The van der Waals surface area contributed by atoms with Crippen LogP contribution in [0.2, 0.25) is 0 Å². The van der Waals surface area contributed by atoms with E-state index in [1.165, 1.54) is 0 Å². The van der Waals surface area contributed by atoms with E-state index in [2.05, 4.69) is 0 Å². The molecule has 1 fully saturated rings. The van der Waals surface area contributed by atoms with Gasteiger partial charge in [-0.15, -0.1) is 0 Å². The van der Waals surface area contributed by atoms with E-state index in [0.717, 1.165) is 6.42 Å². The largest absolute Gasteiger partial charge is 0.497 e. The highest BCUT2D eigenvalue weighted by molar-refractivity contribution is 5.95. The molecule has 0 saturated carbocycles. The van der Waals surface area contributed by atoms with E-state index in [1.807, 2.05) is 6.92 Å². The molecule has 1 saturated heterocycles. The van der Waals surface area contributed by atoms with E-state index in [-0.39, 0.29) is 18.1 Å². The average Bonchev–Trinajstić information content (AvgIpc) is 2.82. The molecule has 1 heterocycles. The second kappa shape index (κ2) is 5.48. The van der Waals surface area contributed by atoms with Gasteiger partial charge < -0.3 is 20.1 Å². The minimum Gasteiger partial charge on any atom is -0.497 e. The second-order valence-electron chi connectivity index (χ2n) is 4.84. The molecule has 2 unspecified atom stereocenters. The molecule has 2 atom stereocenters. The summed E-state index contributed by atoms with van der Waals surface area (Å²) in [7, 11) is 3.35. The van der Waals surface area contributed by atoms with Gasteiger partial charge in [0.2, 0.25) is 0 Å². The molecule has 2 rings (SSSR count). The summed E-state index contributed by atoms with van der Waals surface area (Å²) >= 11 is 0. The first-order valence-electron chi connectivity index (χ1n) is 6.36. The minimum absolute atomic E-state index is 0.0621. The van der Waals surface area contributed by atoms with Crippen molar-refractivity contribution in [2.24, 2.45) is 0 Å². The van der Waals surface area contributed by atoms with Crippen LogP contribution in [0.1, 0.15) is 23.7 Å². The van der Waals surface area contributed by atoms with Crippen molar-refractivity contribution in [3.05, 3.63) is 23.8 Å². The highest BCUT2D eigenvalue weighted by Crippen LogP contribution is 2.23. The van der Waals surface area contributed by atoms with Gasteiger partial charge in [-0.1, -0.05) is 0 Å². The SMILES string of the molecule is COc1cc(N)cc(C(=O)N(C)C2CCOC2C)c1. The van der Waals surface area contributed by atoms with Gasteiger partial charge in [-0.05, 0) is 25.5 Å². The smallest absolute Gasteiger partial charge is 0.254 e. The van der Waals surface area contributed by atoms with Crippen LogP contribution in [0.15, 0.2) is 18.2 Å². The third-order valence-corrected chi connectivity index (χ3v) is 3.57. The lowest BCUT2D eigenvalue weighted by Gasteiger charge is -2.27. The number of rotatable bonds is 3. The highest BCUT2D eigenvalue weighted by atomic mass is 16.5. The number of nitrogens with two attached hydrogens (primary N) is 1. The first-order valence-corrected chi connectivity index (χ1v) is 6.36. The van der Waals surface area contributed by atoms with E-state index >= 15 is 0 Å². The maximum absolute atomic E-state index is 12.5. The number of benzene rings is 1. The fourth-order valence-electron chi connectivity index (χ4n) is 2.45. The Hall–Kier alpha value is -1.75. The predicted molar refractivity (Wildman–Crippen MR) is 73.3 cm³/mol. The molecule has 1 aliphatic rings. The topological polar surface area (TPSA) is 64.8 Å². The van der Waals surface area contributed by atoms with Gasteiger partial charge in [-0.3, -0.25) is 4.79 Å². The van der Waals surface area contributed by atoms with Crippen molar-refractivity contribution in [2.45, 2.75) is 25.5 Å². The van der Waals surface area contributed by atoms with Crippen LogP contribution >= 0.6 is 0 Å². The lowest BCUT2D eigenvalue weighted by atomic mass is 10.1. The summed E-state index contributed by atoms with van der Waals surface area (Å²) in [6.07, 6.45) is 0.931. The Morgan fingerprint density at radius 2 is 2.21 bits per heavy atom. The zero-order chi connectivity index (χ0) is 14.0. The minimum atomic E-state index is -0.0621. The van der Waals surface area contributed by atoms with Gasteiger partial charge in [-0.25, -0.2) is 0 Å². The molecule has 0 bridgehead atoms. The molecule has 5 nitrogen and oxygen atoms in total. The summed E-state index contributed by atoms with van der Waals surface area (Å²) in [5.41, 5.74) is 6.84.